The highest BCUT2D eigenvalue weighted by Gasteiger charge is 2.31. The summed E-state index contributed by atoms with van der Waals surface area (Å²) in [6.07, 6.45) is 7.39. The Morgan fingerprint density at radius 1 is 1.10 bits per heavy atom. The number of aromatic nitrogens is 1. The molecule has 160 valence electrons. The Balaban J connectivity index is 1.23. The minimum atomic E-state index is -0.0127. The van der Waals surface area contributed by atoms with Crippen molar-refractivity contribution in [3.8, 4) is 0 Å². The van der Waals surface area contributed by atoms with E-state index < -0.39 is 0 Å². The number of amides is 2. The third-order valence-electron chi connectivity index (χ3n) is 6.81. The van der Waals surface area contributed by atoms with Crippen LogP contribution < -0.4 is 5.32 Å². The van der Waals surface area contributed by atoms with E-state index in [1.807, 2.05) is 17.2 Å². The number of rotatable bonds is 6. The molecule has 0 bridgehead atoms. The van der Waals surface area contributed by atoms with Gasteiger partial charge in [0.2, 0.25) is 0 Å². The van der Waals surface area contributed by atoms with E-state index >= 15 is 0 Å². The average molecular weight is 407 g/mol. The number of piperidine rings is 1. The maximum Gasteiger partial charge on any atom is 0.321 e. The normalized spacial score (nSPS) is 19.3. The molecular formula is C25H34N4O. The van der Waals surface area contributed by atoms with Crippen LogP contribution in [-0.2, 0) is 0 Å². The van der Waals surface area contributed by atoms with Gasteiger partial charge >= 0.3 is 6.03 Å². The molecule has 2 amide bonds. The SMILES string of the molecule is CCC(C)CN1CCC(c2ccc(NC(=O)N3CC(c4cccnc4)C3)cc2)CC1. The lowest BCUT2D eigenvalue weighted by Crippen LogP contribution is -2.50. The van der Waals surface area contributed by atoms with E-state index in [-0.39, 0.29) is 6.03 Å². The first-order valence-corrected chi connectivity index (χ1v) is 11.4. The van der Waals surface area contributed by atoms with Crippen LogP contribution in [0.5, 0.6) is 0 Å². The van der Waals surface area contributed by atoms with E-state index in [2.05, 4.69) is 59.4 Å². The number of hydrogen-bond donors (Lipinski definition) is 1. The highest BCUT2D eigenvalue weighted by Crippen LogP contribution is 2.30. The molecule has 1 atom stereocenters. The summed E-state index contributed by atoms with van der Waals surface area (Å²) in [5.74, 6) is 1.83. The summed E-state index contributed by atoms with van der Waals surface area (Å²) < 4.78 is 0. The molecule has 0 saturated carbocycles. The molecule has 1 aromatic carbocycles. The smallest absolute Gasteiger partial charge is 0.321 e. The summed E-state index contributed by atoms with van der Waals surface area (Å²) in [6.45, 7) is 9.75. The van der Waals surface area contributed by atoms with Crippen LogP contribution in [-0.4, -0.2) is 53.5 Å². The van der Waals surface area contributed by atoms with Crippen molar-refractivity contribution < 1.29 is 4.79 Å². The van der Waals surface area contributed by atoms with Gasteiger partial charge in [-0.25, -0.2) is 4.79 Å². The summed E-state index contributed by atoms with van der Waals surface area (Å²) in [7, 11) is 0. The Bertz CT molecular complexity index is 809. The Morgan fingerprint density at radius 3 is 2.47 bits per heavy atom. The predicted molar refractivity (Wildman–Crippen MR) is 122 cm³/mol. The largest absolute Gasteiger partial charge is 0.323 e. The fraction of sp³-hybridized carbons (Fsp3) is 0.520. The molecule has 2 aliphatic heterocycles. The molecule has 2 aliphatic rings. The van der Waals surface area contributed by atoms with Crippen molar-refractivity contribution >= 4 is 11.7 Å². The van der Waals surface area contributed by atoms with Crippen LogP contribution in [0.1, 0.15) is 56.1 Å². The Morgan fingerprint density at radius 2 is 1.83 bits per heavy atom. The lowest BCUT2D eigenvalue weighted by molar-refractivity contribution is 0.164. The maximum absolute atomic E-state index is 12.5. The molecule has 5 nitrogen and oxygen atoms in total. The van der Waals surface area contributed by atoms with Crippen molar-refractivity contribution in [2.75, 3.05) is 38.0 Å². The van der Waals surface area contributed by atoms with Crippen LogP contribution in [0.2, 0.25) is 0 Å². The number of likely N-dealkylation sites (tertiary alicyclic amines) is 2. The van der Waals surface area contributed by atoms with Crippen LogP contribution in [0.3, 0.4) is 0 Å². The monoisotopic (exact) mass is 406 g/mol. The van der Waals surface area contributed by atoms with Crippen molar-refractivity contribution in [3.05, 3.63) is 59.9 Å². The van der Waals surface area contributed by atoms with E-state index in [9.17, 15) is 4.79 Å². The number of anilines is 1. The number of nitrogens with one attached hydrogen (secondary N) is 1. The molecular weight excluding hydrogens is 372 g/mol. The van der Waals surface area contributed by atoms with Crippen LogP contribution in [0.25, 0.3) is 0 Å². The molecule has 0 radical (unpaired) electrons. The van der Waals surface area contributed by atoms with Crippen LogP contribution >= 0.6 is 0 Å². The number of nitrogens with zero attached hydrogens (tertiary/aromatic N) is 3. The van der Waals surface area contributed by atoms with Crippen molar-refractivity contribution in [2.45, 2.75) is 44.9 Å². The van der Waals surface area contributed by atoms with E-state index in [0.29, 0.717) is 11.8 Å². The maximum atomic E-state index is 12.5. The molecule has 0 spiro atoms. The molecule has 1 N–H and O–H groups in total. The number of urea groups is 1. The molecule has 2 fully saturated rings. The van der Waals surface area contributed by atoms with Gasteiger partial charge in [-0.15, -0.1) is 0 Å². The van der Waals surface area contributed by atoms with Gasteiger partial charge in [-0.3, -0.25) is 4.98 Å². The van der Waals surface area contributed by atoms with Crippen molar-refractivity contribution in [1.82, 2.24) is 14.8 Å². The first-order valence-electron chi connectivity index (χ1n) is 11.4. The van der Waals surface area contributed by atoms with E-state index in [4.69, 9.17) is 0 Å². The third kappa shape index (κ3) is 5.01. The zero-order valence-electron chi connectivity index (χ0n) is 18.3. The molecule has 0 aliphatic carbocycles. The fourth-order valence-corrected chi connectivity index (χ4v) is 4.53. The minimum absolute atomic E-state index is 0.0127. The zero-order valence-corrected chi connectivity index (χ0v) is 18.3. The number of carbonyl (C=O) groups is 1. The molecule has 1 aromatic heterocycles. The van der Waals surface area contributed by atoms with Gasteiger partial charge in [0.05, 0.1) is 0 Å². The molecule has 3 heterocycles. The van der Waals surface area contributed by atoms with E-state index in [1.54, 1.807) is 6.20 Å². The van der Waals surface area contributed by atoms with Crippen molar-refractivity contribution in [1.29, 1.82) is 0 Å². The van der Waals surface area contributed by atoms with Crippen molar-refractivity contribution in [2.24, 2.45) is 5.92 Å². The molecule has 2 aromatic rings. The first-order chi connectivity index (χ1) is 14.6. The number of carbonyl (C=O) groups excluding carboxylic acids is 1. The molecule has 30 heavy (non-hydrogen) atoms. The average Bonchev–Trinajstić information content (AvgIpc) is 2.74. The zero-order chi connectivity index (χ0) is 20.9. The minimum Gasteiger partial charge on any atom is -0.323 e. The quantitative estimate of drug-likeness (QED) is 0.739. The highest BCUT2D eigenvalue weighted by molar-refractivity contribution is 5.90. The molecule has 4 rings (SSSR count). The van der Waals surface area contributed by atoms with Gasteiger partial charge in [0.1, 0.15) is 0 Å². The van der Waals surface area contributed by atoms with Crippen LogP contribution in [0, 0.1) is 5.92 Å². The number of hydrogen-bond acceptors (Lipinski definition) is 3. The van der Waals surface area contributed by atoms with Gasteiger partial charge < -0.3 is 15.1 Å². The number of pyridine rings is 1. The summed E-state index contributed by atoms with van der Waals surface area (Å²) in [6, 6.07) is 12.5. The van der Waals surface area contributed by atoms with Crippen LogP contribution in [0.4, 0.5) is 10.5 Å². The van der Waals surface area contributed by atoms with Gasteiger partial charge in [0, 0.05) is 43.6 Å². The third-order valence-corrected chi connectivity index (χ3v) is 6.81. The molecule has 2 saturated heterocycles. The van der Waals surface area contributed by atoms with E-state index in [0.717, 1.165) is 24.7 Å². The summed E-state index contributed by atoms with van der Waals surface area (Å²) in [5.41, 5.74) is 3.49. The Hall–Kier alpha value is -2.40. The van der Waals surface area contributed by atoms with Gasteiger partial charge in [-0.1, -0.05) is 38.5 Å². The molecule has 5 heteroatoms. The lowest BCUT2D eigenvalue weighted by Gasteiger charge is -2.39. The van der Waals surface area contributed by atoms with Crippen LogP contribution in [0.15, 0.2) is 48.8 Å². The number of benzene rings is 1. The summed E-state index contributed by atoms with van der Waals surface area (Å²) >= 11 is 0. The Kier molecular flexibility index (Phi) is 6.68. The standard InChI is InChI=1S/C25H34N4O/c1-3-19(2)16-28-13-10-21(11-14-28)20-6-8-24(9-7-20)27-25(30)29-17-23(18-29)22-5-4-12-26-15-22/h4-9,12,15,19,21,23H,3,10-11,13-14,16-18H2,1-2H3,(H,27,30). The summed E-state index contributed by atoms with van der Waals surface area (Å²) in [5, 5.41) is 3.04. The fourth-order valence-electron chi connectivity index (χ4n) is 4.53. The second-order valence-electron chi connectivity index (χ2n) is 9.03. The second-order valence-corrected chi connectivity index (χ2v) is 9.03. The van der Waals surface area contributed by atoms with Gasteiger partial charge in [0.25, 0.3) is 0 Å². The second kappa shape index (κ2) is 9.61. The Labute approximate surface area is 180 Å². The first kappa shape index (κ1) is 20.9. The van der Waals surface area contributed by atoms with Crippen molar-refractivity contribution in [3.63, 3.8) is 0 Å². The topological polar surface area (TPSA) is 48.5 Å². The van der Waals surface area contributed by atoms with E-state index in [1.165, 1.54) is 50.0 Å². The van der Waals surface area contributed by atoms with Gasteiger partial charge in [-0.2, -0.15) is 0 Å². The molecule has 1 unspecified atom stereocenters. The highest BCUT2D eigenvalue weighted by atomic mass is 16.2. The van der Waals surface area contributed by atoms with Gasteiger partial charge in [-0.05, 0) is 67.1 Å². The lowest BCUT2D eigenvalue weighted by atomic mass is 9.89. The predicted octanol–water partition coefficient (Wildman–Crippen LogP) is 4.94. The van der Waals surface area contributed by atoms with Gasteiger partial charge in [0.15, 0.2) is 0 Å². The summed E-state index contributed by atoms with van der Waals surface area (Å²) in [4.78, 5) is 21.1.